The van der Waals surface area contributed by atoms with Crippen LogP contribution in [0.15, 0.2) is 55.2 Å². The second-order valence-electron chi connectivity index (χ2n) is 6.23. The molecule has 30 heavy (non-hydrogen) atoms. The molecule has 12 nitrogen and oxygen atoms in total. The van der Waals surface area contributed by atoms with Gasteiger partial charge in [0.2, 0.25) is 6.33 Å². The van der Waals surface area contributed by atoms with Crippen molar-refractivity contribution in [2.45, 2.75) is 13.2 Å². The second kappa shape index (κ2) is 8.13. The average molecular weight is 428 g/mol. The van der Waals surface area contributed by atoms with E-state index in [9.17, 15) is 14.9 Å². The molecule has 0 fully saturated rings. The SMILES string of the molecule is O=C(Nc1cnn(Cc2cccc(Cl)c2)c1)c1ccn(Cn2cnc([N+](=O)[O-])n2)n1. The van der Waals surface area contributed by atoms with E-state index in [0.29, 0.717) is 17.3 Å². The standard InChI is InChI=1S/C17H14ClN9O3/c18-13-3-1-2-12(6-13)8-25-9-14(7-20-25)21-16(28)15-4-5-24(22-15)11-26-10-19-17(23-26)27(29)30/h1-7,9-10H,8,11H2,(H,21,28). The summed E-state index contributed by atoms with van der Waals surface area (Å²) >= 11 is 5.99. The highest BCUT2D eigenvalue weighted by Crippen LogP contribution is 2.13. The molecular formula is C17H14ClN9O3. The van der Waals surface area contributed by atoms with E-state index in [1.807, 2.05) is 18.2 Å². The zero-order valence-corrected chi connectivity index (χ0v) is 16.0. The minimum atomic E-state index is -0.689. The highest BCUT2D eigenvalue weighted by Gasteiger charge is 2.15. The van der Waals surface area contributed by atoms with E-state index >= 15 is 0 Å². The van der Waals surface area contributed by atoms with Crippen molar-refractivity contribution in [1.82, 2.24) is 34.3 Å². The molecule has 3 heterocycles. The first-order valence-electron chi connectivity index (χ1n) is 8.62. The largest absolute Gasteiger partial charge is 0.491 e. The smallest absolute Gasteiger partial charge is 0.390 e. The van der Waals surface area contributed by atoms with Gasteiger partial charge in [-0.15, -0.1) is 0 Å². The second-order valence-corrected chi connectivity index (χ2v) is 6.67. The van der Waals surface area contributed by atoms with Gasteiger partial charge in [0.05, 0.1) is 18.4 Å². The van der Waals surface area contributed by atoms with Crippen LogP contribution in [0.25, 0.3) is 0 Å². The van der Waals surface area contributed by atoms with Crippen LogP contribution in [-0.4, -0.2) is 45.2 Å². The highest BCUT2D eigenvalue weighted by molar-refractivity contribution is 6.30. The first kappa shape index (κ1) is 19.3. The van der Waals surface area contributed by atoms with Crippen molar-refractivity contribution < 1.29 is 9.72 Å². The number of carbonyl (C=O) groups excluding carboxylic acids is 1. The number of halogens is 1. The molecule has 1 N–H and O–H groups in total. The molecule has 0 bridgehead atoms. The lowest BCUT2D eigenvalue weighted by Gasteiger charge is -2.02. The van der Waals surface area contributed by atoms with Gasteiger partial charge in [-0.3, -0.25) is 9.48 Å². The lowest BCUT2D eigenvalue weighted by molar-refractivity contribution is -0.394. The minimum Gasteiger partial charge on any atom is -0.390 e. The third kappa shape index (κ3) is 4.50. The molecule has 1 amide bonds. The Morgan fingerprint density at radius 3 is 2.83 bits per heavy atom. The maximum absolute atomic E-state index is 12.4. The number of hydrogen-bond donors (Lipinski definition) is 1. The zero-order chi connectivity index (χ0) is 21.1. The molecule has 152 valence electrons. The number of amides is 1. The van der Waals surface area contributed by atoms with E-state index in [0.717, 1.165) is 5.56 Å². The molecule has 1 aromatic carbocycles. The van der Waals surface area contributed by atoms with Crippen molar-refractivity contribution in [3.05, 3.63) is 81.6 Å². The fraction of sp³-hybridized carbons (Fsp3) is 0.118. The molecule has 0 aliphatic heterocycles. The maximum Gasteiger partial charge on any atom is 0.491 e. The van der Waals surface area contributed by atoms with E-state index in [4.69, 9.17) is 11.6 Å². The van der Waals surface area contributed by atoms with Gasteiger partial charge >= 0.3 is 5.95 Å². The van der Waals surface area contributed by atoms with Gasteiger partial charge in [0.15, 0.2) is 12.4 Å². The molecule has 0 atom stereocenters. The molecule has 4 rings (SSSR count). The van der Waals surface area contributed by atoms with Crippen LogP contribution in [0.1, 0.15) is 16.1 Å². The molecule has 0 saturated heterocycles. The summed E-state index contributed by atoms with van der Waals surface area (Å²) < 4.78 is 4.33. The van der Waals surface area contributed by atoms with Crippen LogP contribution < -0.4 is 5.32 Å². The Hall–Kier alpha value is -4.06. The first-order valence-corrected chi connectivity index (χ1v) is 8.99. The lowest BCUT2D eigenvalue weighted by atomic mass is 10.2. The van der Waals surface area contributed by atoms with E-state index in [1.165, 1.54) is 28.0 Å². The molecule has 0 radical (unpaired) electrons. The summed E-state index contributed by atoms with van der Waals surface area (Å²) in [6.07, 6.45) is 6.01. The predicted molar refractivity (Wildman–Crippen MR) is 105 cm³/mol. The Morgan fingerprint density at radius 2 is 2.07 bits per heavy atom. The van der Waals surface area contributed by atoms with Crippen molar-refractivity contribution in [3.63, 3.8) is 0 Å². The molecule has 4 aromatic rings. The molecular weight excluding hydrogens is 414 g/mol. The van der Waals surface area contributed by atoms with E-state index < -0.39 is 16.8 Å². The van der Waals surface area contributed by atoms with Crippen molar-refractivity contribution in [1.29, 1.82) is 0 Å². The van der Waals surface area contributed by atoms with Gasteiger partial charge in [-0.1, -0.05) is 28.7 Å². The highest BCUT2D eigenvalue weighted by atomic mass is 35.5. The van der Waals surface area contributed by atoms with E-state index in [-0.39, 0.29) is 12.4 Å². The number of benzene rings is 1. The first-order chi connectivity index (χ1) is 14.5. The monoisotopic (exact) mass is 427 g/mol. The number of nitro groups is 1. The number of hydrogen-bond acceptors (Lipinski definition) is 7. The van der Waals surface area contributed by atoms with Gasteiger partial charge < -0.3 is 15.4 Å². The maximum atomic E-state index is 12.4. The number of rotatable bonds is 7. The number of aromatic nitrogens is 7. The minimum absolute atomic E-state index is 0.0751. The van der Waals surface area contributed by atoms with E-state index in [1.54, 1.807) is 23.1 Å². The zero-order valence-electron chi connectivity index (χ0n) is 15.3. The summed E-state index contributed by atoms with van der Waals surface area (Å²) in [7, 11) is 0. The molecule has 0 aliphatic rings. The molecule has 0 aliphatic carbocycles. The van der Waals surface area contributed by atoms with Gasteiger partial charge in [-0.05, 0) is 28.7 Å². The molecule has 0 unspecified atom stereocenters. The fourth-order valence-corrected chi connectivity index (χ4v) is 2.89. The summed E-state index contributed by atoms with van der Waals surface area (Å²) in [6.45, 7) is 0.584. The van der Waals surface area contributed by atoms with Crippen LogP contribution in [0.3, 0.4) is 0 Å². The molecule has 0 saturated carbocycles. The van der Waals surface area contributed by atoms with Crippen LogP contribution in [0.4, 0.5) is 11.6 Å². The van der Waals surface area contributed by atoms with Crippen molar-refractivity contribution in [2.24, 2.45) is 0 Å². The number of nitrogens with zero attached hydrogens (tertiary/aromatic N) is 8. The molecule has 13 heteroatoms. The average Bonchev–Trinajstić information content (AvgIpc) is 3.44. The number of nitrogens with one attached hydrogen (secondary N) is 1. The van der Waals surface area contributed by atoms with Crippen LogP contribution in [0.2, 0.25) is 5.02 Å². The Balaban J connectivity index is 1.37. The Kier molecular flexibility index (Phi) is 5.22. The normalized spacial score (nSPS) is 10.8. The van der Waals surface area contributed by atoms with Crippen LogP contribution in [0, 0.1) is 10.1 Å². The van der Waals surface area contributed by atoms with Gasteiger partial charge in [0.25, 0.3) is 5.91 Å². The van der Waals surface area contributed by atoms with Crippen LogP contribution >= 0.6 is 11.6 Å². The van der Waals surface area contributed by atoms with Crippen LogP contribution in [-0.2, 0) is 13.2 Å². The summed E-state index contributed by atoms with van der Waals surface area (Å²) in [5, 5.41) is 26.1. The Labute approximate surface area is 173 Å². The third-order valence-corrected chi connectivity index (χ3v) is 4.21. The van der Waals surface area contributed by atoms with E-state index in [2.05, 4.69) is 25.6 Å². The molecule has 3 aromatic heterocycles. The van der Waals surface area contributed by atoms with Gasteiger partial charge in [0, 0.05) is 22.5 Å². The summed E-state index contributed by atoms with van der Waals surface area (Å²) in [6, 6.07) is 8.96. The van der Waals surface area contributed by atoms with Crippen LogP contribution in [0.5, 0.6) is 0 Å². The number of anilines is 1. The number of carbonyl (C=O) groups is 1. The van der Waals surface area contributed by atoms with Crippen molar-refractivity contribution >= 4 is 29.1 Å². The summed E-state index contributed by atoms with van der Waals surface area (Å²) in [5.41, 5.74) is 1.67. The Bertz CT molecular complexity index is 1210. The Morgan fingerprint density at radius 1 is 1.20 bits per heavy atom. The van der Waals surface area contributed by atoms with Gasteiger partial charge in [0.1, 0.15) is 0 Å². The van der Waals surface area contributed by atoms with Gasteiger partial charge in [-0.25, -0.2) is 4.68 Å². The third-order valence-electron chi connectivity index (χ3n) is 3.98. The quantitative estimate of drug-likeness (QED) is 0.351. The van der Waals surface area contributed by atoms with Gasteiger partial charge in [-0.2, -0.15) is 14.9 Å². The predicted octanol–water partition coefficient (Wildman–Crippen LogP) is 2.04. The fourth-order valence-electron chi connectivity index (χ4n) is 2.68. The summed E-state index contributed by atoms with van der Waals surface area (Å²) in [5.74, 6) is -0.921. The molecule has 0 spiro atoms. The van der Waals surface area contributed by atoms with Crippen molar-refractivity contribution in [3.8, 4) is 0 Å². The summed E-state index contributed by atoms with van der Waals surface area (Å²) in [4.78, 5) is 25.9. The van der Waals surface area contributed by atoms with Crippen molar-refractivity contribution in [2.75, 3.05) is 5.32 Å². The lowest BCUT2D eigenvalue weighted by Crippen LogP contribution is -2.14. The topological polar surface area (TPSA) is 139 Å².